The zero-order valence-electron chi connectivity index (χ0n) is 15.6. The topological polar surface area (TPSA) is 92.9 Å². The molecule has 0 N–H and O–H groups in total. The largest absolute Gasteiger partial charge is 0.352 e. The molecule has 1 amide bonds. The van der Waals surface area contributed by atoms with Crippen LogP contribution in [0.2, 0.25) is 0 Å². The molecular formula is C20H18N8O. The first-order valence-electron chi connectivity index (χ1n) is 9.36. The summed E-state index contributed by atoms with van der Waals surface area (Å²) in [5.41, 5.74) is 0.508. The number of nitrogens with zero attached hydrogens (tertiary/aromatic N) is 8. The number of piperazine rings is 1. The molecule has 9 nitrogen and oxygen atoms in total. The lowest BCUT2D eigenvalue weighted by molar-refractivity contribution is 0.0743. The Morgan fingerprint density at radius 3 is 2.45 bits per heavy atom. The molecule has 0 bridgehead atoms. The summed E-state index contributed by atoms with van der Waals surface area (Å²) in [7, 11) is 0. The highest BCUT2D eigenvalue weighted by Gasteiger charge is 2.25. The Kier molecular flexibility index (Phi) is 4.32. The van der Waals surface area contributed by atoms with E-state index in [1.165, 1.54) is 6.33 Å². The molecule has 0 radical (unpaired) electrons. The molecule has 1 aromatic carbocycles. The lowest BCUT2D eigenvalue weighted by atomic mass is 10.1. The average Bonchev–Trinajstić information content (AvgIpc) is 3.33. The number of pyridine rings is 1. The fourth-order valence-electron chi connectivity index (χ4n) is 3.51. The third kappa shape index (κ3) is 3.27. The van der Waals surface area contributed by atoms with Gasteiger partial charge >= 0.3 is 0 Å². The number of hydrogen-bond acceptors (Lipinski definition) is 7. The Hall–Kier alpha value is -3.88. The molecule has 1 aliphatic heterocycles. The van der Waals surface area contributed by atoms with E-state index in [0.717, 1.165) is 16.6 Å². The SMILES string of the molecule is O=C(c1nccc2ccccc12)N1CCN(c2ccc(-n3cncn3)nn2)CC1. The Morgan fingerprint density at radius 1 is 0.897 bits per heavy atom. The number of anilines is 1. The molecule has 4 aromatic rings. The van der Waals surface area contributed by atoms with Crippen LogP contribution in [0.4, 0.5) is 5.82 Å². The number of amides is 1. The van der Waals surface area contributed by atoms with Gasteiger partial charge in [0, 0.05) is 37.8 Å². The molecule has 4 heterocycles. The Labute approximate surface area is 166 Å². The van der Waals surface area contributed by atoms with Gasteiger partial charge in [-0.3, -0.25) is 9.78 Å². The van der Waals surface area contributed by atoms with Crippen molar-refractivity contribution < 1.29 is 4.79 Å². The van der Waals surface area contributed by atoms with E-state index in [9.17, 15) is 4.79 Å². The summed E-state index contributed by atoms with van der Waals surface area (Å²) < 4.78 is 1.56. The zero-order chi connectivity index (χ0) is 19.6. The molecule has 29 heavy (non-hydrogen) atoms. The molecule has 1 saturated heterocycles. The van der Waals surface area contributed by atoms with Crippen molar-refractivity contribution in [2.45, 2.75) is 0 Å². The number of carbonyl (C=O) groups excluding carboxylic acids is 1. The van der Waals surface area contributed by atoms with Crippen LogP contribution in [0.15, 0.2) is 61.3 Å². The van der Waals surface area contributed by atoms with Crippen molar-refractivity contribution in [1.29, 1.82) is 0 Å². The van der Waals surface area contributed by atoms with Crippen molar-refractivity contribution in [3.8, 4) is 5.82 Å². The van der Waals surface area contributed by atoms with E-state index >= 15 is 0 Å². The minimum Gasteiger partial charge on any atom is -0.352 e. The van der Waals surface area contributed by atoms with E-state index in [1.807, 2.05) is 47.4 Å². The van der Waals surface area contributed by atoms with Gasteiger partial charge in [0.25, 0.3) is 5.91 Å². The van der Waals surface area contributed by atoms with Gasteiger partial charge in [-0.25, -0.2) is 9.67 Å². The number of rotatable bonds is 3. The number of carbonyl (C=O) groups is 1. The summed E-state index contributed by atoms with van der Waals surface area (Å²) in [6, 6.07) is 13.5. The molecule has 0 aliphatic carbocycles. The van der Waals surface area contributed by atoms with Crippen molar-refractivity contribution in [1.82, 2.24) is 34.8 Å². The number of benzene rings is 1. The molecular weight excluding hydrogens is 368 g/mol. The van der Waals surface area contributed by atoms with Gasteiger partial charge in [0.1, 0.15) is 18.3 Å². The fraction of sp³-hybridized carbons (Fsp3) is 0.200. The molecule has 1 fully saturated rings. The lowest BCUT2D eigenvalue weighted by Gasteiger charge is -2.35. The van der Waals surface area contributed by atoms with Crippen LogP contribution in [-0.4, -0.2) is 66.9 Å². The van der Waals surface area contributed by atoms with E-state index < -0.39 is 0 Å². The summed E-state index contributed by atoms with van der Waals surface area (Å²) >= 11 is 0. The van der Waals surface area contributed by atoms with Crippen molar-refractivity contribution in [2.75, 3.05) is 31.1 Å². The van der Waals surface area contributed by atoms with Crippen LogP contribution in [-0.2, 0) is 0 Å². The second-order valence-electron chi connectivity index (χ2n) is 6.75. The summed E-state index contributed by atoms with van der Waals surface area (Å²) in [5.74, 6) is 1.36. The summed E-state index contributed by atoms with van der Waals surface area (Å²) in [4.78, 5) is 25.3. The van der Waals surface area contributed by atoms with Crippen LogP contribution < -0.4 is 4.90 Å². The first-order chi connectivity index (χ1) is 14.3. The van der Waals surface area contributed by atoms with Crippen molar-refractivity contribution in [3.05, 3.63) is 67.0 Å². The summed E-state index contributed by atoms with van der Waals surface area (Å²) in [6.45, 7) is 2.59. The smallest absolute Gasteiger partial charge is 0.273 e. The second-order valence-corrected chi connectivity index (χ2v) is 6.75. The van der Waals surface area contributed by atoms with Gasteiger partial charge in [-0.05, 0) is 23.6 Å². The number of hydrogen-bond donors (Lipinski definition) is 0. The van der Waals surface area contributed by atoms with E-state index in [-0.39, 0.29) is 5.91 Å². The average molecular weight is 386 g/mol. The van der Waals surface area contributed by atoms with Crippen LogP contribution in [0.1, 0.15) is 10.5 Å². The number of fused-ring (bicyclic) bond motifs is 1. The van der Waals surface area contributed by atoms with Gasteiger partial charge in [-0.2, -0.15) is 5.10 Å². The minimum atomic E-state index is -0.0333. The molecule has 0 atom stereocenters. The van der Waals surface area contributed by atoms with Crippen molar-refractivity contribution in [2.24, 2.45) is 0 Å². The highest BCUT2D eigenvalue weighted by Crippen LogP contribution is 2.20. The molecule has 144 valence electrons. The maximum absolute atomic E-state index is 13.0. The minimum absolute atomic E-state index is 0.0333. The van der Waals surface area contributed by atoms with Crippen LogP contribution in [0.3, 0.4) is 0 Å². The fourth-order valence-corrected chi connectivity index (χ4v) is 3.51. The summed E-state index contributed by atoms with van der Waals surface area (Å²) in [5, 5.41) is 14.5. The summed E-state index contributed by atoms with van der Waals surface area (Å²) in [6.07, 6.45) is 4.73. The van der Waals surface area contributed by atoms with E-state index in [2.05, 4.69) is 30.2 Å². The molecule has 9 heteroatoms. The predicted molar refractivity (Wildman–Crippen MR) is 107 cm³/mol. The van der Waals surface area contributed by atoms with E-state index in [4.69, 9.17) is 0 Å². The molecule has 0 spiro atoms. The molecule has 5 rings (SSSR count). The van der Waals surface area contributed by atoms with Gasteiger partial charge in [-0.1, -0.05) is 24.3 Å². The van der Waals surface area contributed by atoms with Crippen molar-refractivity contribution in [3.63, 3.8) is 0 Å². The van der Waals surface area contributed by atoms with Crippen LogP contribution >= 0.6 is 0 Å². The molecule has 0 saturated carbocycles. The van der Waals surface area contributed by atoms with E-state index in [1.54, 1.807) is 17.2 Å². The highest BCUT2D eigenvalue weighted by atomic mass is 16.2. The maximum atomic E-state index is 13.0. The zero-order valence-corrected chi connectivity index (χ0v) is 15.6. The Morgan fingerprint density at radius 2 is 1.69 bits per heavy atom. The van der Waals surface area contributed by atoms with Crippen LogP contribution in [0.5, 0.6) is 0 Å². The molecule has 0 unspecified atom stereocenters. The van der Waals surface area contributed by atoms with Crippen LogP contribution in [0.25, 0.3) is 16.6 Å². The van der Waals surface area contributed by atoms with Crippen molar-refractivity contribution >= 4 is 22.5 Å². The lowest BCUT2D eigenvalue weighted by Crippen LogP contribution is -2.49. The maximum Gasteiger partial charge on any atom is 0.273 e. The van der Waals surface area contributed by atoms with Gasteiger partial charge < -0.3 is 9.80 Å². The molecule has 1 aliphatic rings. The standard InChI is InChI=1S/C20H18N8O/c29-20(19-16-4-2-1-3-15(16)7-8-22-19)27-11-9-26(10-12-27)17-5-6-18(25-24-17)28-14-21-13-23-28/h1-8,13-14H,9-12H2. The Balaban J connectivity index is 1.28. The third-order valence-electron chi connectivity index (χ3n) is 5.06. The third-order valence-corrected chi connectivity index (χ3v) is 5.06. The normalized spacial score (nSPS) is 14.3. The van der Waals surface area contributed by atoms with Gasteiger partial charge in [0.2, 0.25) is 0 Å². The van der Waals surface area contributed by atoms with Gasteiger partial charge in [-0.15, -0.1) is 10.2 Å². The quantitative estimate of drug-likeness (QED) is 0.528. The highest BCUT2D eigenvalue weighted by molar-refractivity contribution is 6.05. The first-order valence-corrected chi connectivity index (χ1v) is 9.36. The van der Waals surface area contributed by atoms with E-state index in [0.29, 0.717) is 37.7 Å². The Bertz CT molecular complexity index is 1130. The monoisotopic (exact) mass is 386 g/mol. The molecule has 3 aromatic heterocycles. The first kappa shape index (κ1) is 17.2. The van der Waals surface area contributed by atoms with Gasteiger partial charge in [0.05, 0.1) is 0 Å². The number of aromatic nitrogens is 6. The van der Waals surface area contributed by atoms with Gasteiger partial charge in [0.15, 0.2) is 11.6 Å². The second kappa shape index (κ2) is 7.27. The van der Waals surface area contributed by atoms with Crippen LogP contribution in [0, 0.1) is 0 Å². The predicted octanol–water partition coefficient (Wildman–Crippen LogP) is 1.57.